The summed E-state index contributed by atoms with van der Waals surface area (Å²) in [6.45, 7) is 5.11. The van der Waals surface area contributed by atoms with Crippen molar-refractivity contribution in [3.8, 4) is 0 Å². The third kappa shape index (κ3) is 4.08. The highest BCUT2D eigenvalue weighted by Crippen LogP contribution is 2.11. The van der Waals surface area contributed by atoms with Crippen LogP contribution < -0.4 is 10.6 Å². The van der Waals surface area contributed by atoms with Crippen LogP contribution in [0.5, 0.6) is 0 Å². The topological polar surface area (TPSA) is 63.5 Å². The molecular formula is C14H22N2O3. The van der Waals surface area contributed by atoms with Crippen LogP contribution in [0.25, 0.3) is 0 Å². The fourth-order valence-corrected chi connectivity index (χ4v) is 2.26. The van der Waals surface area contributed by atoms with Gasteiger partial charge in [0.2, 0.25) is 0 Å². The molecule has 1 fully saturated rings. The molecule has 2 N–H and O–H groups in total. The molecule has 1 aliphatic heterocycles. The lowest BCUT2D eigenvalue weighted by molar-refractivity contribution is 0.0343. The molecule has 1 aromatic heterocycles. The first-order valence-electron chi connectivity index (χ1n) is 6.98. The van der Waals surface area contributed by atoms with E-state index < -0.39 is 0 Å². The number of rotatable bonds is 6. The number of hydrogen-bond acceptors (Lipinski definition) is 4. The molecule has 1 amide bonds. The minimum Gasteiger partial charge on any atom is -0.469 e. The number of carbonyl (C=O) groups is 1. The molecule has 19 heavy (non-hydrogen) atoms. The van der Waals surface area contributed by atoms with Gasteiger partial charge in [0, 0.05) is 13.0 Å². The van der Waals surface area contributed by atoms with Gasteiger partial charge in [-0.15, -0.1) is 0 Å². The molecule has 0 aliphatic carbocycles. The maximum atomic E-state index is 11.9. The minimum atomic E-state index is -0.0838. The van der Waals surface area contributed by atoms with Gasteiger partial charge in [0.1, 0.15) is 5.76 Å². The highest BCUT2D eigenvalue weighted by molar-refractivity contribution is 5.95. The molecule has 2 rings (SSSR count). The van der Waals surface area contributed by atoms with E-state index in [0.29, 0.717) is 24.8 Å². The maximum absolute atomic E-state index is 11.9. The summed E-state index contributed by atoms with van der Waals surface area (Å²) in [7, 11) is 0. The zero-order valence-corrected chi connectivity index (χ0v) is 11.4. The van der Waals surface area contributed by atoms with E-state index in [1.54, 1.807) is 12.3 Å². The van der Waals surface area contributed by atoms with Crippen molar-refractivity contribution >= 4 is 5.91 Å². The summed E-state index contributed by atoms with van der Waals surface area (Å²) in [5, 5.41) is 6.15. The fraction of sp³-hybridized carbons (Fsp3) is 0.643. The first-order chi connectivity index (χ1) is 9.31. The molecule has 0 radical (unpaired) electrons. The van der Waals surface area contributed by atoms with Crippen molar-refractivity contribution in [1.29, 1.82) is 0 Å². The number of amides is 1. The van der Waals surface area contributed by atoms with Crippen molar-refractivity contribution in [1.82, 2.24) is 10.6 Å². The van der Waals surface area contributed by atoms with Gasteiger partial charge >= 0.3 is 0 Å². The second kappa shape index (κ2) is 7.31. The van der Waals surface area contributed by atoms with E-state index in [1.165, 1.54) is 0 Å². The van der Waals surface area contributed by atoms with E-state index >= 15 is 0 Å². The Morgan fingerprint density at radius 1 is 1.53 bits per heavy atom. The van der Waals surface area contributed by atoms with Gasteiger partial charge < -0.3 is 19.8 Å². The molecule has 5 nitrogen and oxygen atoms in total. The van der Waals surface area contributed by atoms with Crippen LogP contribution in [0.4, 0.5) is 0 Å². The molecule has 5 heteroatoms. The second-order valence-corrected chi connectivity index (χ2v) is 4.69. The molecular weight excluding hydrogens is 244 g/mol. The molecule has 106 valence electrons. The summed E-state index contributed by atoms with van der Waals surface area (Å²) in [5.74, 6) is 0.649. The lowest BCUT2D eigenvalue weighted by atomic mass is 10.1. The Hall–Kier alpha value is -1.33. The number of carbonyl (C=O) groups excluding carboxylic acids is 1. The average molecular weight is 266 g/mol. The van der Waals surface area contributed by atoms with Gasteiger partial charge in [-0.2, -0.15) is 0 Å². The highest BCUT2D eigenvalue weighted by Gasteiger charge is 2.14. The number of furan rings is 1. The Morgan fingerprint density at radius 2 is 2.32 bits per heavy atom. The first-order valence-corrected chi connectivity index (χ1v) is 6.98. The van der Waals surface area contributed by atoms with E-state index in [4.69, 9.17) is 9.15 Å². The first kappa shape index (κ1) is 14.1. The Kier molecular flexibility index (Phi) is 5.42. The van der Waals surface area contributed by atoms with Crippen LogP contribution in [0.1, 0.15) is 35.9 Å². The minimum absolute atomic E-state index is 0.0838. The summed E-state index contributed by atoms with van der Waals surface area (Å²) in [5.41, 5.74) is 0.629. The summed E-state index contributed by atoms with van der Waals surface area (Å²) in [6.07, 6.45) is 4.71. The summed E-state index contributed by atoms with van der Waals surface area (Å²) >= 11 is 0. The number of nitrogens with one attached hydrogen (secondary N) is 2. The number of piperidine rings is 1. The molecule has 0 bridgehead atoms. The van der Waals surface area contributed by atoms with E-state index in [0.717, 1.165) is 38.1 Å². The van der Waals surface area contributed by atoms with Crippen molar-refractivity contribution in [3.63, 3.8) is 0 Å². The molecule has 1 saturated heterocycles. The van der Waals surface area contributed by atoms with Crippen molar-refractivity contribution in [2.75, 3.05) is 26.2 Å². The average Bonchev–Trinajstić information content (AvgIpc) is 2.93. The fourth-order valence-electron chi connectivity index (χ4n) is 2.26. The van der Waals surface area contributed by atoms with E-state index in [-0.39, 0.29) is 5.91 Å². The quantitative estimate of drug-likeness (QED) is 0.763. The van der Waals surface area contributed by atoms with Gasteiger partial charge in [0.05, 0.1) is 24.5 Å². The number of ether oxygens (including phenoxy) is 1. The molecule has 1 aromatic rings. The van der Waals surface area contributed by atoms with Crippen molar-refractivity contribution in [3.05, 3.63) is 23.7 Å². The predicted octanol–water partition coefficient (Wildman–Crippen LogP) is 1.34. The molecule has 0 unspecified atom stereocenters. The standard InChI is InChI=1S/C14H22N2O3/c1-2-13-12(5-9-19-13)14(17)16-8-10-18-11-3-6-15-7-4-11/h5,9,11,15H,2-4,6-8,10H2,1H3,(H,16,17). The van der Waals surface area contributed by atoms with E-state index in [2.05, 4.69) is 10.6 Å². The zero-order valence-electron chi connectivity index (χ0n) is 11.4. The van der Waals surface area contributed by atoms with Gasteiger partial charge in [-0.05, 0) is 32.0 Å². The molecule has 0 saturated carbocycles. The summed E-state index contributed by atoms with van der Waals surface area (Å²) in [6, 6.07) is 1.71. The summed E-state index contributed by atoms with van der Waals surface area (Å²) < 4.78 is 11.0. The van der Waals surface area contributed by atoms with Gasteiger partial charge in [0.15, 0.2) is 0 Å². The third-order valence-electron chi connectivity index (χ3n) is 3.34. The Morgan fingerprint density at radius 3 is 3.05 bits per heavy atom. The maximum Gasteiger partial charge on any atom is 0.254 e. The van der Waals surface area contributed by atoms with Gasteiger partial charge in [-0.25, -0.2) is 0 Å². The van der Waals surface area contributed by atoms with Crippen LogP contribution in [0.15, 0.2) is 16.7 Å². The summed E-state index contributed by atoms with van der Waals surface area (Å²) in [4.78, 5) is 11.9. The molecule has 2 heterocycles. The molecule has 0 atom stereocenters. The largest absolute Gasteiger partial charge is 0.469 e. The van der Waals surface area contributed by atoms with Crippen LogP contribution in [0.2, 0.25) is 0 Å². The molecule has 0 aromatic carbocycles. The van der Waals surface area contributed by atoms with E-state index in [9.17, 15) is 4.79 Å². The second-order valence-electron chi connectivity index (χ2n) is 4.69. The van der Waals surface area contributed by atoms with Crippen LogP contribution in [0.3, 0.4) is 0 Å². The normalized spacial score (nSPS) is 16.5. The molecule has 0 spiro atoms. The van der Waals surface area contributed by atoms with Gasteiger partial charge in [-0.1, -0.05) is 6.92 Å². The van der Waals surface area contributed by atoms with Crippen molar-refractivity contribution in [2.45, 2.75) is 32.3 Å². The number of hydrogen-bond donors (Lipinski definition) is 2. The van der Waals surface area contributed by atoms with Crippen LogP contribution in [-0.4, -0.2) is 38.3 Å². The Labute approximate surface area is 113 Å². The van der Waals surface area contributed by atoms with E-state index in [1.807, 2.05) is 6.92 Å². The Balaban J connectivity index is 1.66. The third-order valence-corrected chi connectivity index (χ3v) is 3.34. The lowest BCUT2D eigenvalue weighted by Gasteiger charge is -2.22. The lowest BCUT2D eigenvalue weighted by Crippen LogP contribution is -2.34. The van der Waals surface area contributed by atoms with Crippen molar-refractivity contribution < 1.29 is 13.9 Å². The van der Waals surface area contributed by atoms with Gasteiger partial charge in [-0.3, -0.25) is 4.79 Å². The van der Waals surface area contributed by atoms with Crippen LogP contribution in [0, 0.1) is 0 Å². The molecule has 1 aliphatic rings. The highest BCUT2D eigenvalue weighted by atomic mass is 16.5. The van der Waals surface area contributed by atoms with Crippen LogP contribution in [-0.2, 0) is 11.2 Å². The number of aryl methyl sites for hydroxylation is 1. The van der Waals surface area contributed by atoms with Crippen molar-refractivity contribution in [2.24, 2.45) is 0 Å². The predicted molar refractivity (Wildman–Crippen MR) is 72.3 cm³/mol. The Bertz CT molecular complexity index is 397. The SMILES string of the molecule is CCc1occc1C(=O)NCCOC1CCNCC1. The smallest absolute Gasteiger partial charge is 0.254 e. The monoisotopic (exact) mass is 266 g/mol. The van der Waals surface area contributed by atoms with Gasteiger partial charge in [0.25, 0.3) is 5.91 Å². The van der Waals surface area contributed by atoms with Crippen LogP contribution >= 0.6 is 0 Å². The zero-order chi connectivity index (χ0) is 13.5.